The summed E-state index contributed by atoms with van der Waals surface area (Å²) in [6, 6.07) is 16.6. The van der Waals surface area contributed by atoms with Gasteiger partial charge in [0.2, 0.25) is 0 Å². The standard InChI is InChI=1S/C19H21NO/c1-19(2,20)12-11-16-15-8-4-3-7-14(15)13-21-18-10-6-5-9-17(16)18/h3-11H,12-13,20H2,1-2H3. The van der Waals surface area contributed by atoms with E-state index in [2.05, 4.69) is 56.3 Å². The molecule has 21 heavy (non-hydrogen) atoms. The number of fused-ring (bicyclic) bond motifs is 2. The highest BCUT2D eigenvalue weighted by Crippen LogP contribution is 2.37. The van der Waals surface area contributed by atoms with Gasteiger partial charge in [0.1, 0.15) is 12.4 Å². The molecule has 0 fully saturated rings. The molecule has 1 heterocycles. The summed E-state index contributed by atoms with van der Waals surface area (Å²) in [7, 11) is 0. The second kappa shape index (κ2) is 5.38. The molecular formula is C19H21NO. The first-order chi connectivity index (χ1) is 10.0. The third kappa shape index (κ3) is 3.01. The topological polar surface area (TPSA) is 35.2 Å². The van der Waals surface area contributed by atoms with Crippen LogP contribution in [0, 0.1) is 0 Å². The lowest BCUT2D eigenvalue weighted by molar-refractivity contribution is 0.307. The van der Waals surface area contributed by atoms with Gasteiger partial charge in [-0.2, -0.15) is 0 Å². The zero-order chi connectivity index (χ0) is 14.9. The third-order valence-electron chi connectivity index (χ3n) is 3.70. The summed E-state index contributed by atoms with van der Waals surface area (Å²) in [5.74, 6) is 0.940. The van der Waals surface area contributed by atoms with Crippen LogP contribution in [-0.2, 0) is 6.61 Å². The predicted molar refractivity (Wildman–Crippen MR) is 87.2 cm³/mol. The first-order valence-electron chi connectivity index (χ1n) is 7.34. The Hall–Kier alpha value is -2.06. The van der Waals surface area contributed by atoms with E-state index in [0.29, 0.717) is 6.61 Å². The largest absolute Gasteiger partial charge is 0.488 e. The van der Waals surface area contributed by atoms with Crippen molar-refractivity contribution in [3.8, 4) is 5.75 Å². The Morgan fingerprint density at radius 2 is 1.71 bits per heavy atom. The minimum Gasteiger partial charge on any atom is -0.488 e. The summed E-state index contributed by atoms with van der Waals surface area (Å²) in [6.07, 6.45) is 3.07. The van der Waals surface area contributed by atoms with E-state index in [1.807, 2.05) is 12.1 Å². The van der Waals surface area contributed by atoms with Crippen molar-refractivity contribution in [2.75, 3.05) is 0 Å². The van der Waals surface area contributed by atoms with E-state index in [-0.39, 0.29) is 5.54 Å². The van der Waals surface area contributed by atoms with Crippen molar-refractivity contribution in [3.05, 3.63) is 71.3 Å². The van der Waals surface area contributed by atoms with Gasteiger partial charge in [0.15, 0.2) is 0 Å². The van der Waals surface area contributed by atoms with Crippen molar-refractivity contribution in [2.24, 2.45) is 5.73 Å². The van der Waals surface area contributed by atoms with Gasteiger partial charge >= 0.3 is 0 Å². The molecule has 0 saturated carbocycles. The number of benzene rings is 2. The number of ether oxygens (including phenoxy) is 1. The molecule has 2 nitrogen and oxygen atoms in total. The van der Waals surface area contributed by atoms with Crippen molar-refractivity contribution in [1.29, 1.82) is 0 Å². The molecule has 2 aromatic carbocycles. The summed E-state index contributed by atoms with van der Waals surface area (Å²) < 4.78 is 5.97. The van der Waals surface area contributed by atoms with Crippen molar-refractivity contribution in [2.45, 2.75) is 32.4 Å². The first-order valence-corrected chi connectivity index (χ1v) is 7.34. The van der Waals surface area contributed by atoms with Gasteiger partial charge in [0.05, 0.1) is 0 Å². The fraction of sp³-hybridized carbons (Fsp3) is 0.263. The maximum atomic E-state index is 6.16. The van der Waals surface area contributed by atoms with Crippen LogP contribution in [0.1, 0.15) is 37.0 Å². The smallest absolute Gasteiger partial charge is 0.127 e. The Balaban J connectivity index is 2.16. The Bertz CT molecular complexity index is 630. The molecule has 0 unspecified atom stereocenters. The van der Waals surface area contributed by atoms with Gasteiger partial charge in [-0.05, 0) is 43.0 Å². The second-order valence-corrected chi connectivity index (χ2v) is 6.25. The summed E-state index contributed by atoms with van der Waals surface area (Å²) in [5, 5.41) is 0. The third-order valence-corrected chi connectivity index (χ3v) is 3.70. The lowest BCUT2D eigenvalue weighted by Crippen LogP contribution is -2.30. The highest BCUT2D eigenvalue weighted by atomic mass is 16.5. The minimum absolute atomic E-state index is 0.218. The van der Waals surface area contributed by atoms with Crippen LogP contribution in [-0.4, -0.2) is 5.54 Å². The van der Waals surface area contributed by atoms with E-state index in [1.54, 1.807) is 0 Å². The Morgan fingerprint density at radius 1 is 1.05 bits per heavy atom. The highest BCUT2D eigenvalue weighted by Gasteiger charge is 2.19. The summed E-state index contributed by atoms with van der Waals surface area (Å²) in [4.78, 5) is 0. The zero-order valence-corrected chi connectivity index (χ0v) is 12.6. The van der Waals surface area contributed by atoms with E-state index in [4.69, 9.17) is 10.5 Å². The fourth-order valence-electron chi connectivity index (χ4n) is 2.61. The fourth-order valence-corrected chi connectivity index (χ4v) is 2.61. The maximum absolute atomic E-state index is 6.16. The van der Waals surface area contributed by atoms with Crippen LogP contribution < -0.4 is 10.5 Å². The van der Waals surface area contributed by atoms with Crippen molar-refractivity contribution >= 4 is 5.57 Å². The van der Waals surface area contributed by atoms with E-state index in [1.165, 1.54) is 16.7 Å². The highest BCUT2D eigenvalue weighted by molar-refractivity contribution is 5.84. The molecule has 0 bridgehead atoms. The monoisotopic (exact) mass is 279 g/mol. The van der Waals surface area contributed by atoms with Gasteiger partial charge in [-0.25, -0.2) is 0 Å². The average molecular weight is 279 g/mol. The van der Waals surface area contributed by atoms with Crippen molar-refractivity contribution < 1.29 is 4.74 Å². The molecule has 2 heteroatoms. The molecule has 2 aromatic rings. The van der Waals surface area contributed by atoms with Crippen LogP contribution in [0.2, 0.25) is 0 Å². The predicted octanol–water partition coefficient (Wildman–Crippen LogP) is 4.14. The van der Waals surface area contributed by atoms with Gasteiger partial charge < -0.3 is 10.5 Å². The second-order valence-electron chi connectivity index (χ2n) is 6.25. The molecule has 0 atom stereocenters. The Kier molecular flexibility index (Phi) is 3.56. The van der Waals surface area contributed by atoms with Crippen molar-refractivity contribution in [1.82, 2.24) is 0 Å². The molecule has 0 saturated heterocycles. The van der Waals surface area contributed by atoms with Gasteiger partial charge in [-0.1, -0.05) is 48.5 Å². The van der Waals surface area contributed by atoms with Gasteiger partial charge in [0.25, 0.3) is 0 Å². The number of nitrogens with two attached hydrogens (primary N) is 1. The summed E-state index contributed by atoms with van der Waals surface area (Å²) >= 11 is 0. The van der Waals surface area contributed by atoms with Crippen LogP contribution in [0.25, 0.3) is 5.57 Å². The molecule has 0 aliphatic carbocycles. The minimum atomic E-state index is -0.218. The van der Waals surface area contributed by atoms with E-state index < -0.39 is 0 Å². The normalized spacial score (nSPS) is 15.9. The quantitative estimate of drug-likeness (QED) is 0.896. The molecular weight excluding hydrogens is 258 g/mol. The molecule has 0 aromatic heterocycles. The Morgan fingerprint density at radius 3 is 2.48 bits per heavy atom. The molecule has 1 aliphatic rings. The molecule has 3 rings (SSSR count). The zero-order valence-electron chi connectivity index (χ0n) is 12.6. The molecule has 108 valence electrons. The molecule has 1 aliphatic heterocycles. The number of hydrogen-bond donors (Lipinski definition) is 1. The van der Waals surface area contributed by atoms with E-state index in [9.17, 15) is 0 Å². The molecule has 0 spiro atoms. The van der Waals surface area contributed by atoms with Crippen LogP contribution >= 0.6 is 0 Å². The van der Waals surface area contributed by atoms with Crippen LogP contribution in [0.4, 0.5) is 0 Å². The number of para-hydroxylation sites is 1. The van der Waals surface area contributed by atoms with Gasteiger partial charge in [-0.15, -0.1) is 0 Å². The first kappa shape index (κ1) is 13.9. The molecule has 0 radical (unpaired) electrons. The van der Waals surface area contributed by atoms with Crippen LogP contribution in [0.15, 0.2) is 54.6 Å². The Labute approximate surface area is 126 Å². The average Bonchev–Trinajstić information content (AvgIpc) is 2.61. The summed E-state index contributed by atoms with van der Waals surface area (Å²) in [5.41, 5.74) is 10.8. The van der Waals surface area contributed by atoms with Crippen LogP contribution in [0.3, 0.4) is 0 Å². The van der Waals surface area contributed by atoms with E-state index >= 15 is 0 Å². The van der Waals surface area contributed by atoms with Crippen LogP contribution in [0.5, 0.6) is 5.75 Å². The van der Waals surface area contributed by atoms with Gasteiger partial charge in [-0.3, -0.25) is 0 Å². The maximum Gasteiger partial charge on any atom is 0.127 e. The number of hydrogen-bond acceptors (Lipinski definition) is 2. The van der Waals surface area contributed by atoms with Crippen molar-refractivity contribution in [3.63, 3.8) is 0 Å². The molecule has 0 amide bonds. The van der Waals surface area contributed by atoms with Gasteiger partial charge in [0, 0.05) is 11.1 Å². The lowest BCUT2D eigenvalue weighted by atomic mass is 9.91. The lowest BCUT2D eigenvalue weighted by Gasteiger charge is -2.17. The van der Waals surface area contributed by atoms with E-state index in [0.717, 1.165) is 17.7 Å². The summed E-state index contributed by atoms with van der Waals surface area (Å²) in [6.45, 7) is 4.71. The number of rotatable bonds is 2. The molecule has 2 N–H and O–H groups in total. The SMILES string of the molecule is CC(C)(N)CC=C1c2ccccc2COc2ccccc21.